The van der Waals surface area contributed by atoms with Gasteiger partial charge in [-0.1, -0.05) is 48.9 Å². The molecular formula is C28H31N5O6. The number of unbranched alkanes of at least 4 members (excludes halogenated alkanes) is 2. The van der Waals surface area contributed by atoms with Crippen LogP contribution in [0.2, 0.25) is 0 Å². The molecule has 3 aromatic rings. The maximum absolute atomic E-state index is 13.0. The van der Waals surface area contributed by atoms with E-state index in [9.17, 15) is 24.3 Å². The highest BCUT2D eigenvalue weighted by atomic mass is 16.5. The smallest absolute Gasteiger partial charge is 0.320 e. The number of amides is 5. The number of hydrogen-bond donors (Lipinski definition) is 7. The van der Waals surface area contributed by atoms with Crippen LogP contribution in [0.3, 0.4) is 0 Å². The standard InChI is InChI=1S/C28H31N5O6/c34-23-12-7-6-11-22(23)31-27(37)25(19-9-3-1-4-10-19)32-28(38)30-21-16-14-20(15-17-21)26(36)29-18-8-2-5-13-24(35)33-39/h1,3-4,6-7,9-12,14-17,25,34,39H,2,5,8,13,18H2,(H,29,36)(H,31,37)(H,33,35)(H2,30,32,38)/t25-/m0/s1. The Kier molecular flexibility index (Phi) is 10.8. The number of hydrogen-bond acceptors (Lipinski definition) is 6. The third kappa shape index (κ3) is 9.17. The summed E-state index contributed by atoms with van der Waals surface area (Å²) in [6, 6.07) is 19.6. The molecule has 39 heavy (non-hydrogen) atoms. The van der Waals surface area contributed by atoms with Crippen LogP contribution in [0, 0.1) is 0 Å². The molecule has 0 aliphatic heterocycles. The summed E-state index contributed by atoms with van der Waals surface area (Å²) in [7, 11) is 0. The molecule has 0 heterocycles. The van der Waals surface area contributed by atoms with E-state index >= 15 is 0 Å². The molecule has 0 aliphatic carbocycles. The summed E-state index contributed by atoms with van der Waals surface area (Å²) in [4.78, 5) is 49.1. The van der Waals surface area contributed by atoms with Gasteiger partial charge in [0.1, 0.15) is 11.8 Å². The minimum Gasteiger partial charge on any atom is -0.506 e. The molecule has 0 saturated carbocycles. The number of phenolic OH excluding ortho intramolecular Hbond substituents is 1. The second-order valence-corrected chi connectivity index (χ2v) is 8.63. The lowest BCUT2D eigenvalue weighted by atomic mass is 10.1. The van der Waals surface area contributed by atoms with Gasteiger partial charge in [-0.25, -0.2) is 10.3 Å². The van der Waals surface area contributed by atoms with Crippen molar-refractivity contribution in [1.29, 1.82) is 0 Å². The zero-order valence-electron chi connectivity index (χ0n) is 21.1. The number of rotatable bonds is 12. The van der Waals surface area contributed by atoms with Gasteiger partial charge < -0.3 is 26.4 Å². The van der Waals surface area contributed by atoms with Gasteiger partial charge in [0.05, 0.1) is 5.69 Å². The van der Waals surface area contributed by atoms with E-state index in [-0.39, 0.29) is 23.8 Å². The van der Waals surface area contributed by atoms with Crippen molar-refractivity contribution in [3.8, 4) is 5.75 Å². The number of benzene rings is 3. The van der Waals surface area contributed by atoms with Gasteiger partial charge in [-0.05, 0) is 54.8 Å². The van der Waals surface area contributed by atoms with Gasteiger partial charge in [0.2, 0.25) is 5.91 Å². The third-order valence-corrected chi connectivity index (χ3v) is 5.73. The van der Waals surface area contributed by atoms with Crippen molar-refractivity contribution in [2.45, 2.75) is 31.7 Å². The van der Waals surface area contributed by atoms with Crippen molar-refractivity contribution in [2.75, 3.05) is 17.2 Å². The fourth-order valence-electron chi connectivity index (χ4n) is 3.68. The Labute approximate surface area is 225 Å². The lowest BCUT2D eigenvalue weighted by molar-refractivity contribution is -0.129. The number of para-hydroxylation sites is 2. The monoisotopic (exact) mass is 533 g/mol. The van der Waals surface area contributed by atoms with Crippen molar-refractivity contribution in [1.82, 2.24) is 16.1 Å². The Morgan fingerprint density at radius 2 is 1.46 bits per heavy atom. The Morgan fingerprint density at radius 1 is 0.769 bits per heavy atom. The number of aromatic hydroxyl groups is 1. The maximum atomic E-state index is 13.0. The van der Waals surface area contributed by atoms with Crippen LogP contribution >= 0.6 is 0 Å². The van der Waals surface area contributed by atoms with Crippen LogP contribution in [-0.2, 0) is 9.59 Å². The van der Waals surface area contributed by atoms with E-state index < -0.39 is 23.9 Å². The molecule has 204 valence electrons. The Morgan fingerprint density at radius 3 is 2.15 bits per heavy atom. The number of anilines is 2. The Balaban J connectivity index is 1.54. The minimum atomic E-state index is -1.05. The zero-order chi connectivity index (χ0) is 28.0. The average Bonchev–Trinajstić information content (AvgIpc) is 2.95. The van der Waals surface area contributed by atoms with Gasteiger partial charge in [-0.2, -0.15) is 0 Å². The Hall–Kier alpha value is -4.90. The number of nitrogens with one attached hydrogen (secondary N) is 5. The summed E-state index contributed by atoms with van der Waals surface area (Å²) in [5, 5.41) is 29.2. The summed E-state index contributed by atoms with van der Waals surface area (Å²) >= 11 is 0. The molecule has 0 bridgehead atoms. The van der Waals surface area contributed by atoms with E-state index in [1.165, 1.54) is 6.07 Å². The van der Waals surface area contributed by atoms with Crippen molar-refractivity contribution < 1.29 is 29.5 Å². The number of hydroxylamine groups is 1. The number of urea groups is 1. The highest BCUT2D eigenvalue weighted by Crippen LogP contribution is 2.24. The number of carbonyl (C=O) groups excluding carboxylic acids is 4. The predicted octanol–water partition coefficient (Wildman–Crippen LogP) is 3.69. The first-order valence-electron chi connectivity index (χ1n) is 12.4. The summed E-state index contributed by atoms with van der Waals surface area (Å²) in [5.41, 5.74) is 3.16. The van der Waals surface area contributed by atoms with Crippen LogP contribution < -0.4 is 26.7 Å². The van der Waals surface area contributed by atoms with E-state index in [2.05, 4.69) is 21.3 Å². The maximum Gasteiger partial charge on any atom is 0.320 e. The molecule has 0 aliphatic rings. The van der Waals surface area contributed by atoms with E-state index in [1.54, 1.807) is 78.3 Å². The van der Waals surface area contributed by atoms with E-state index in [0.717, 1.165) is 6.42 Å². The fraction of sp³-hybridized carbons (Fsp3) is 0.214. The zero-order valence-corrected chi connectivity index (χ0v) is 21.1. The minimum absolute atomic E-state index is 0.0988. The molecule has 1 atom stereocenters. The molecule has 11 heteroatoms. The molecule has 7 N–H and O–H groups in total. The van der Waals surface area contributed by atoms with Crippen molar-refractivity contribution in [3.63, 3.8) is 0 Å². The molecule has 0 fully saturated rings. The molecule has 3 rings (SSSR count). The third-order valence-electron chi connectivity index (χ3n) is 5.73. The first-order chi connectivity index (χ1) is 18.9. The molecular weight excluding hydrogens is 502 g/mol. The first kappa shape index (κ1) is 28.7. The SMILES string of the molecule is O=C(CCCCCNC(=O)c1ccc(NC(=O)N[C@H](C(=O)Nc2ccccc2O)c2ccccc2)cc1)NO. The highest BCUT2D eigenvalue weighted by Gasteiger charge is 2.23. The fourth-order valence-corrected chi connectivity index (χ4v) is 3.68. The van der Waals surface area contributed by atoms with Crippen molar-refractivity contribution in [2.24, 2.45) is 0 Å². The molecule has 5 amide bonds. The molecule has 0 radical (unpaired) electrons. The molecule has 0 unspecified atom stereocenters. The highest BCUT2D eigenvalue weighted by molar-refractivity contribution is 6.00. The van der Waals surface area contributed by atoms with Crippen LogP contribution in [0.25, 0.3) is 0 Å². The summed E-state index contributed by atoms with van der Waals surface area (Å²) < 4.78 is 0. The van der Waals surface area contributed by atoms with Crippen LogP contribution in [0.15, 0.2) is 78.9 Å². The number of carbonyl (C=O) groups is 4. The summed E-state index contributed by atoms with van der Waals surface area (Å²) in [6.45, 7) is 0.436. The van der Waals surface area contributed by atoms with Crippen LogP contribution in [0.4, 0.5) is 16.2 Å². The van der Waals surface area contributed by atoms with Crippen molar-refractivity contribution in [3.05, 3.63) is 90.0 Å². The molecule has 0 aromatic heterocycles. The van der Waals surface area contributed by atoms with Crippen LogP contribution in [-0.4, -0.2) is 40.6 Å². The quantitative estimate of drug-likeness (QED) is 0.0811. The summed E-state index contributed by atoms with van der Waals surface area (Å²) in [6.07, 6.45) is 2.23. The topological polar surface area (TPSA) is 169 Å². The van der Waals surface area contributed by atoms with Gasteiger partial charge in [-0.15, -0.1) is 0 Å². The second-order valence-electron chi connectivity index (χ2n) is 8.63. The van der Waals surface area contributed by atoms with E-state index in [1.807, 2.05) is 0 Å². The lowest BCUT2D eigenvalue weighted by Gasteiger charge is -2.19. The van der Waals surface area contributed by atoms with Gasteiger partial charge in [0.15, 0.2) is 0 Å². The molecule has 0 saturated heterocycles. The Bertz CT molecular complexity index is 1270. The largest absolute Gasteiger partial charge is 0.506 e. The lowest BCUT2D eigenvalue weighted by Crippen LogP contribution is -2.39. The average molecular weight is 534 g/mol. The van der Waals surface area contributed by atoms with E-state index in [0.29, 0.717) is 36.2 Å². The molecule has 0 spiro atoms. The number of phenols is 1. The second kappa shape index (κ2) is 14.7. The van der Waals surface area contributed by atoms with Gasteiger partial charge in [0.25, 0.3) is 11.8 Å². The van der Waals surface area contributed by atoms with Gasteiger partial charge >= 0.3 is 6.03 Å². The van der Waals surface area contributed by atoms with Gasteiger partial charge in [-0.3, -0.25) is 19.6 Å². The first-order valence-corrected chi connectivity index (χ1v) is 12.4. The normalized spacial score (nSPS) is 11.1. The van der Waals surface area contributed by atoms with E-state index in [4.69, 9.17) is 5.21 Å². The summed E-state index contributed by atoms with van der Waals surface area (Å²) in [5.74, 6) is -1.35. The van der Waals surface area contributed by atoms with Crippen molar-refractivity contribution >= 4 is 35.1 Å². The molecule has 3 aromatic carbocycles. The predicted molar refractivity (Wildman–Crippen MR) is 145 cm³/mol. The van der Waals surface area contributed by atoms with Crippen LogP contribution in [0.5, 0.6) is 5.75 Å². The van der Waals surface area contributed by atoms with Crippen LogP contribution in [0.1, 0.15) is 47.6 Å². The molecule has 11 nitrogen and oxygen atoms in total. The van der Waals surface area contributed by atoms with Gasteiger partial charge in [0, 0.05) is 24.2 Å².